The first kappa shape index (κ1) is 19.0. The van der Waals surface area contributed by atoms with Gasteiger partial charge in [-0.1, -0.05) is 0 Å². The molecule has 0 amide bonds. The monoisotopic (exact) mass is 352 g/mol. The lowest BCUT2D eigenvalue weighted by atomic mass is 10.1. The summed E-state index contributed by atoms with van der Waals surface area (Å²) in [6, 6.07) is 4.40. The van der Waals surface area contributed by atoms with Gasteiger partial charge in [-0.25, -0.2) is 12.8 Å². The number of hydrogen-bond donors (Lipinski definition) is 1. The lowest BCUT2D eigenvalue weighted by molar-refractivity contribution is 0.100. The third-order valence-electron chi connectivity index (χ3n) is 3.56. The number of halogens is 2. The molecule has 0 atom stereocenters. The lowest BCUT2D eigenvalue weighted by Crippen LogP contribution is -2.40. The number of ether oxygens (including phenoxy) is 1. The van der Waals surface area contributed by atoms with Gasteiger partial charge in [0.15, 0.2) is 11.6 Å². The molecule has 1 heterocycles. The number of rotatable bonds is 5. The Morgan fingerprint density at radius 2 is 2.00 bits per heavy atom. The standard InChI is InChI=1S/C14H21FN2O3S.ClH/c1-21(18,19)9-8-17-6-4-12(5-7-17)20-14-3-2-11(16)10-13(14)15;/h2-3,10,12H,4-9,16H2,1H3;1H. The molecule has 2 N–H and O–H groups in total. The van der Waals surface area contributed by atoms with E-state index in [1.54, 1.807) is 12.1 Å². The van der Waals surface area contributed by atoms with E-state index in [0.717, 1.165) is 25.9 Å². The van der Waals surface area contributed by atoms with Crippen LogP contribution in [0, 0.1) is 5.82 Å². The van der Waals surface area contributed by atoms with Crippen LogP contribution < -0.4 is 10.5 Å². The first-order valence-corrected chi connectivity index (χ1v) is 9.01. The van der Waals surface area contributed by atoms with Crippen LogP contribution in [0.2, 0.25) is 0 Å². The summed E-state index contributed by atoms with van der Waals surface area (Å²) in [7, 11) is -2.93. The van der Waals surface area contributed by atoms with E-state index >= 15 is 0 Å². The van der Waals surface area contributed by atoms with Crippen molar-refractivity contribution >= 4 is 27.9 Å². The average Bonchev–Trinajstić information content (AvgIpc) is 2.40. The van der Waals surface area contributed by atoms with Crippen molar-refractivity contribution in [2.24, 2.45) is 0 Å². The molecule has 1 aliphatic heterocycles. The summed E-state index contributed by atoms with van der Waals surface area (Å²) < 4.78 is 41.6. The largest absolute Gasteiger partial charge is 0.487 e. The Hall–Kier alpha value is -1.05. The second-order valence-corrected chi connectivity index (χ2v) is 7.74. The maximum absolute atomic E-state index is 13.7. The number of nitrogens with zero attached hydrogens (tertiary/aromatic N) is 1. The molecule has 2 rings (SSSR count). The van der Waals surface area contributed by atoms with Crippen molar-refractivity contribution in [1.29, 1.82) is 0 Å². The third-order valence-corrected chi connectivity index (χ3v) is 4.49. The fraction of sp³-hybridized carbons (Fsp3) is 0.571. The van der Waals surface area contributed by atoms with Crippen molar-refractivity contribution in [3.05, 3.63) is 24.0 Å². The highest BCUT2D eigenvalue weighted by atomic mass is 35.5. The van der Waals surface area contributed by atoms with E-state index < -0.39 is 15.7 Å². The van der Waals surface area contributed by atoms with E-state index in [2.05, 4.69) is 4.90 Å². The van der Waals surface area contributed by atoms with Crippen molar-refractivity contribution in [2.45, 2.75) is 18.9 Å². The van der Waals surface area contributed by atoms with Crippen LogP contribution in [0.15, 0.2) is 18.2 Å². The molecule has 1 fully saturated rings. The number of nitrogen functional groups attached to an aromatic ring is 1. The van der Waals surface area contributed by atoms with Crippen molar-refractivity contribution in [1.82, 2.24) is 4.90 Å². The number of benzene rings is 1. The van der Waals surface area contributed by atoms with E-state index in [9.17, 15) is 12.8 Å². The first-order valence-electron chi connectivity index (χ1n) is 6.95. The Balaban J connectivity index is 0.00000242. The molecule has 0 aliphatic carbocycles. The molecule has 0 radical (unpaired) electrons. The summed E-state index contributed by atoms with van der Waals surface area (Å²) in [5.41, 5.74) is 5.87. The molecule has 5 nitrogen and oxygen atoms in total. The Labute approximate surface area is 137 Å². The number of hydrogen-bond acceptors (Lipinski definition) is 5. The molecule has 1 saturated heterocycles. The summed E-state index contributed by atoms with van der Waals surface area (Å²) >= 11 is 0. The van der Waals surface area contributed by atoms with Crippen LogP contribution in [0.25, 0.3) is 0 Å². The summed E-state index contributed by atoms with van der Waals surface area (Å²) in [6.07, 6.45) is 2.71. The molecule has 22 heavy (non-hydrogen) atoms. The Morgan fingerprint density at radius 1 is 1.36 bits per heavy atom. The maximum Gasteiger partial charge on any atom is 0.167 e. The second-order valence-electron chi connectivity index (χ2n) is 5.48. The van der Waals surface area contributed by atoms with Crippen LogP contribution in [0.3, 0.4) is 0 Å². The smallest absolute Gasteiger partial charge is 0.167 e. The van der Waals surface area contributed by atoms with Crippen molar-refractivity contribution in [2.75, 3.05) is 37.4 Å². The fourth-order valence-electron chi connectivity index (χ4n) is 2.34. The quantitative estimate of drug-likeness (QED) is 0.817. The van der Waals surface area contributed by atoms with Crippen LogP contribution in [0.1, 0.15) is 12.8 Å². The van der Waals surface area contributed by atoms with Gasteiger partial charge >= 0.3 is 0 Å². The van der Waals surface area contributed by atoms with Gasteiger partial charge in [0.05, 0.1) is 5.75 Å². The molecule has 0 saturated carbocycles. The molecule has 0 spiro atoms. The second kappa shape index (κ2) is 7.99. The molecule has 1 aromatic carbocycles. The van der Waals surface area contributed by atoms with E-state index in [1.165, 1.54) is 12.3 Å². The van der Waals surface area contributed by atoms with Gasteiger partial charge in [0.1, 0.15) is 15.9 Å². The molecule has 1 aromatic rings. The summed E-state index contributed by atoms with van der Waals surface area (Å²) in [6.45, 7) is 2.06. The molecule has 0 aromatic heterocycles. The van der Waals surface area contributed by atoms with Crippen LogP contribution >= 0.6 is 12.4 Å². The highest BCUT2D eigenvalue weighted by molar-refractivity contribution is 7.90. The Bertz CT molecular complexity index is 590. The van der Waals surface area contributed by atoms with Crippen LogP contribution in [-0.2, 0) is 9.84 Å². The van der Waals surface area contributed by atoms with Gasteiger partial charge in [-0.05, 0) is 25.0 Å². The molecular weight excluding hydrogens is 331 g/mol. The predicted molar refractivity (Wildman–Crippen MR) is 87.9 cm³/mol. The van der Waals surface area contributed by atoms with E-state index in [1.807, 2.05) is 0 Å². The number of anilines is 1. The number of sulfone groups is 1. The zero-order valence-corrected chi connectivity index (χ0v) is 14.1. The average molecular weight is 353 g/mol. The maximum atomic E-state index is 13.7. The van der Waals surface area contributed by atoms with Gasteiger partial charge in [-0.15, -0.1) is 12.4 Å². The zero-order valence-electron chi connectivity index (χ0n) is 12.5. The van der Waals surface area contributed by atoms with Crippen molar-refractivity contribution in [3.8, 4) is 5.75 Å². The van der Waals surface area contributed by atoms with Crippen LogP contribution in [0.5, 0.6) is 5.75 Å². The topological polar surface area (TPSA) is 72.6 Å². The Kier molecular flexibility index (Phi) is 6.90. The molecule has 1 aliphatic rings. The van der Waals surface area contributed by atoms with E-state index in [0.29, 0.717) is 12.2 Å². The molecule has 8 heteroatoms. The SMILES string of the molecule is CS(=O)(=O)CCN1CCC(Oc2ccc(N)cc2F)CC1.Cl. The lowest BCUT2D eigenvalue weighted by Gasteiger charge is -2.32. The summed E-state index contributed by atoms with van der Waals surface area (Å²) in [4.78, 5) is 2.10. The molecule has 0 unspecified atom stereocenters. The minimum Gasteiger partial charge on any atom is -0.487 e. The number of nitrogens with two attached hydrogens (primary N) is 1. The van der Waals surface area contributed by atoms with Gasteiger partial charge in [0.25, 0.3) is 0 Å². The zero-order chi connectivity index (χ0) is 15.5. The van der Waals surface area contributed by atoms with Gasteiger partial charge < -0.3 is 15.4 Å². The predicted octanol–water partition coefficient (Wildman–Crippen LogP) is 1.72. The van der Waals surface area contributed by atoms with Gasteiger partial charge in [-0.3, -0.25) is 0 Å². The summed E-state index contributed by atoms with van der Waals surface area (Å²) in [5, 5.41) is 0. The molecule has 0 bridgehead atoms. The minimum atomic E-state index is -2.93. The summed E-state index contributed by atoms with van der Waals surface area (Å²) in [5.74, 6) is -0.0567. The minimum absolute atomic E-state index is 0. The molecular formula is C14H22ClFN2O3S. The van der Waals surface area contributed by atoms with Crippen LogP contribution in [0.4, 0.5) is 10.1 Å². The van der Waals surface area contributed by atoms with E-state index in [4.69, 9.17) is 10.5 Å². The first-order chi connectivity index (χ1) is 9.83. The van der Waals surface area contributed by atoms with Gasteiger partial charge in [-0.2, -0.15) is 0 Å². The number of piperidine rings is 1. The highest BCUT2D eigenvalue weighted by Crippen LogP contribution is 2.23. The highest BCUT2D eigenvalue weighted by Gasteiger charge is 2.22. The number of likely N-dealkylation sites (tertiary alicyclic amines) is 1. The van der Waals surface area contributed by atoms with Crippen molar-refractivity contribution < 1.29 is 17.5 Å². The van der Waals surface area contributed by atoms with Crippen LogP contribution in [-0.4, -0.2) is 51.1 Å². The molecule has 126 valence electrons. The fourth-order valence-corrected chi connectivity index (χ4v) is 2.93. The Morgan fingerprint density at radius 3 is 2.55 bits per heavy atom. The van der Waals surface area contributed by atoms with Crippen molar-refractivity contribution in [3.63, 3.8) is 0 Å². The van der Waals surface area contributed by atoms with Gasteiger partial charge in [0, 0.05) is 37.6 Å². The third kappa shape index (κ3) is 5.98. The normalized spacial score (nSPS) is 17.0. The van der Waals surface area contributed by atoms with E-state index in [-0.39, 0.29) is 30.0 Å². The van der Waals surface area contributed by atoms with Gasteiger partial charge in [0.2, 0.25) is 0 Å².